The summed E-state index contributed by atoms with van der Waals surface area (Å²) in [4.78, 5) is 44.8. The summed E-state index contributed by atoms with van der Waals surface area (Å²) in [5, 5.41) is 2.30. The molecular formula is C25H25N3O4S. The van der Waals surface area contributed by atoms with Crippen molar-refractivity contribution < 1.29 is 19.1 Å². The van der Waals surface area contributed by atoms with E-state index in [9.17, 15) is 14.4 Å². The number of ether oxygens (including phenoxy) is 1. The number of aromatic nitrogens is 1. The average Bonchev–Trinajstić information content (AvgIpc) is 3.42. The van der Waals surface area contributed by atoms with Crippen LogP contribution in [0.5, 0.6) is 0 Å². The van der Waals surface area contributed by atoms with Crippen LogP contribution in [0.3, 0.4) is 0 Å². The number of hydrogen-bond acceptors (Lipinski definition) is 6. The summed E-state index contributed by atoms with van der Waals surface area (Å²) in [6.07, 6.45) is 1.35. The van der Waals surface area contributed by atoms with Crippen LogP contribution >= 0.6 is 11.3 Å². The molecule has 4 rings (SSSR count). The molecule has 2 amide bonds. The normalized spacial score (nSPS) is 13.3. The monoisotopic (exact) mass is 463 g/mol. The second-order valence-electron chi connectivity index (χ2n) is 8.04. The predicted molar refractivity (Wildman–Crippen MR) is 128 cm³/mol. The molecule has 0 saturated carbocycles. The third kappa shape index (κ3) is 4.96. The Kier molecular flexibility index (Phi) is 6.55. The van der Waals surface area contributed by atoms with Gasteiger partial charge in [-0.05, 0) is 50.1 Å². The topological polar surface area (TPSA) is 79.8 Å². The summed E-state index contributed by atoms with van der Waals surface area (Å²) >= 11 is 1.32. The highest BCUT2D eigenvalue weighted by atomic mass is 32.1. The van der Waals surface area contributed by atoms with Gasteiger partial charge in [-0.15, -0.1) is 11.3 Å². The van der Waals surface area contributed by atoms with Gasteiger partial charge in [-0.25, -0.2) is 9.78 Å². The predicted octanol–water partition coefficient (Wildman–Crippen LogP) is 4.93. The minimum Gasteiger partial charge on any atom is -0.456 e. The molecule has 2 heterocycles. The van der Waals surface area contributed by atoms with Crippen molar-refractivity contribution in [2.75, 3.05) is 16.3 Å². The van der Waals surface area contributed by atoms with E-state index in [-0.39, 0.29) is 18.4 Å². The van der Waals surface area contributed by atoms with E-state index in [1.54, 1.807) is 33.4 Å². The van der Waals surface area contributed by atoms with Crippen molar-refractivity contribution in [1.29, 1.82) is 0 Å². The van der Waals surface area contributed by atoms with Crippen LogP contribution in [0.4, 0.5) is 16.5 Å². The van der Waals surface area contributed by atoms with Crippen molar-refractivity contribution in [3.63, 3.8) is 0 Å². The van der Waals surface area contributed by atoms with Crippen LogP contribution in [0.25, 0.3) is 0 Å². The number of carbonyl (C=O) groups is 3. The fraction of sp³-hybridized carbons (Fsp3) is 0.280. The number of amides is 2. The fourth-order valence-corrected chi connectivity index (χ4v) is 4.74. The summed E-state index contributed by atoms with van der Waals surface area (Å²) < 4.78 is 5.46. The van der Waals surface area contributed by atoms with E-state index < -0.39 is 5.97 Å². The molecule has 0 N–H and O–H groups in total. The second kappa shape index (κ2) is 9.54. The summed E-state index contributed by atoms with van der Waals surface area (Å²) in [7, 11) is 0. The standard InChI is InChI=1S/C25H25N3O4S/c1-16-9-10-22(17(2)12-16)28(18(3)29)25-26-20(15-33-25)14-32-24(31)19-6-4-7-21(13-19)27-11-5-8-23(27)30/h4,6-7,9-10,12-13,15H,5,8,11,14H2,1-3H3. The molecule has 1 aromatic heterocycles. The Morgan fingerprint density at radius 3 is 2.70 bits per heavy atom. The molecule has 0 unspecified atom stereocenters. The van der Waals surface area contributed by atoms with Crippen molar-refractivity contribution in [2.45, 2.75) is 40.2 Å². The molecule has 1 saturated heterocycles. The number of hydrogen-bond donors (Lipinski definition) is 0. The fourth-order valence-electron chi connectivity index (χ4n) is 3.87. The maximum Gasteiger partial charge on any atom is 0.338 e. The summed E-state index contributed by atoms with van der Waals surface area (Å²) in [6.45, 7) is 6.10. The highest BCUT2D eigenvalue weighted by molar-refractivity contribution is 7.14. The molecule has 3 aromatic rings. The van der Waals surface area contributed by atoms with Crippen LogP contribution in [-0.4, -0.2) is 29.3 Å². The van der Waals surface area contributed by atoms with Crippen LogP contribution < -0.4 is 9.80 Å². The number of nitrogens with zero attached hydrogens (tertiary/aromatic N) is 3. The maximum atomic E-state index is 12.6. The first kappa shape index (κ1) is 22.7. The minimum atomic E-state index is -0.490. The van der Waals surface area contributed by atoms with E-state index >= 15 is 0 Å². The van der Waals surface area contributed by atoms with Gasteiger partial charge in [0, 0.05) is 31.0 Å². The molecule has 1 aliphatic rings. The van der Waals surface area contributed by atoms with Gasteiger partial charge >= 0.3 is 5.97 Å². The molecule has 2 aromatic carbocycles. The number of aryl methyl sites for hydroxylation is 2. The average molecular weight is 464 g/mol. The van der Waals surface area contributed by atoms with Crippen molar-refractivity contribution in [3.8, 4) is 0 Å². The third-order valence-corrected chi connectivity index (χ3v) is 6.33. The molecule has 0 spiro atoms. The number of anilines is 3. The number of benzene rings is 2. The van der Waals surface area contributed by atoms with Gasteiger partial charge in [-0.3, -0.25) is 14.5 Å². The first-order chi connectivity index (χ1) is 15.8. The molecule has 170 valence electrons. The minimum absolute atomic E-state index is 0.0131. The lowest BCUT2D eigenvalue weighted by Crippen LogP contribution is -2.24. The largest absolute Gasteiger partial charge is 0.456 e. The van der Waals surface area contributed by atoms with E-state index in [4.69, 9.17) is 4.74 Å². The van der Waals surface area contributed by atoms with Crippen molar-refractivity contribution >= 4 is 45.6 Å². The lowest BCUT2D eigenvalue weighted by molar-refractivity contribution is -0.117. The van der Waals surface area contributed by atoms with E-state index in [1.165, 1.54) is 18.3 Å². The Hall–Kier alpha value is -3.52. The molecule has 0 bridgehead atoms. The summed E-state index contributed by atoms with van der Waals surface area (Å²) in [6, 6.07) is 12.8. The van der Waals surface area contributed by atoms with Crippen LogP contribution in [0, 0.1) is 13.8 Å². The number of carbonyl (C=O) groups excluding carboxylic acids is 3. The highest BCUT2D eigenvalue weighted by Gasteiger charge is 2.23. The van der Waals surface area contributed by atoms with Crippen LogP contribution in [0.2, 0.25) is 0 Å². The molecule has 7 nitrogen and oxygen atoms in total. The van der Waals surface area contributed by atoms with Crippen molar-refractivity contribution in [2.24, 2.45) is 0 Å². The van der Waals surface area contributed by atoms with Gasteiger partial charge in [0.1, 0.15) is 6.61 Å². The summed E-state index contributed by atoms with van der Waals surface area (Å²) in [5.74, 6) is -0.571. The quantitative estimate of drug-likeness (QED) is 0.485. The molecule has 8 heteroatoms. The summed E-state index contributed by atoms with van der Waals surface area (Å²) in [5.41, 5.74) is 4.51. The van der Waals surface area contributed by atoms with Crippen LogP contribution in [0.15, 0.2) is 47.8 Å². The Labute approximate surface area is 196 Å². The molecule has 0 radical (unpaired) electrons. The number of rotatable bonds is 6. The Morgan fingerprint density at radius 2 is 2.00 bits per heavy atom. The molecule has 33 heavy (non-hydrogen) atoms. The van der Waals surface area contributed by atoms with Crippen LogP contribution in [-0.2, 0) is 20.9 Å². The lowest BCUT2D eigenvalue weighted by atomic mass is 10.1. The van der Waals surface area contributed by atoms with E-state index in [0.29, 0.717) is 35.0 Å². The Bertz CT molecular complexity index is 1220. The van der Waals surface area contributed by atoms with E-state index in [1.807, 2.05) is 38.1 Å². The highest BCUT2D eigenvalue weighted by Crippen LogP contribution is 2.32. The van der Waals surface area contributed by atoms with E-state index in [2.05, 4.69) is 4.98 Å². The molecule has 0 aliphatic carbocycles. The lowest BCUT2D eigenvalue weighted by Gasteiger charge is -2.20. The van der Waals surface area contributed by atoms with Gasteiger partial charge < -0.3 is 9.64 Å². The molecule has 1 aliphatic heterocycles. The van der Waals surface area contributed by atoms with Gasteiger partial charge in [0.2, 0.25) is 11.8 Å². The van der Waals surface area contributed by atoms with E-state index in [0.717, 1.165) is 23.2 Å². The number of esters is 1. The third-order valence-electron chi connectivity index (χ3n) is 5.46. The Morgan fingerprint density at radius 1 is 1.18 bits per heavy atom. The first-order valence-electron chi connectivity index (χ1n) is 10.7. The zero-order valence-corrected chi connectivity index (χ0v) is 19.6. The van der Waals surface area contributed by atoms with Gasteiger partial charge in [-0.1, -0.05) is 23.8 Å². The van der Waals surface area contributed by atoms with Crippen molar-refractivity contribution in [3.05, 3.63) is 70.2 Å². The molecule has 0 atom stereocenters. The number of thiazole rings is 1. The SMILES string of the molecule is CC(=O)N(c1nc(COC(=O)c2cccc(N3CCCC3=O)c2)cs1)c1ccc(C)cc1C. The molecule has 1 fully saturated rings. The van der Waals surface area contributed by atoms with Crippen LogP contribution in [0.1, 0.15) is 46.9 Å². The van der Waals surface area contributed by atoms with Gasteiger partial charge in [0.05, 0.1) is 16.9 Å². The van der Waals surface area contributed by atoms with Gasteiger partial charge in [-0.2, -0.15) is 0 Å². The zero-order valence-electron chi connectivity index (χ0n) is 18.8. The van der Waals surface area contributed by atoms with Gasteiger partial charge in [0.25, 0.3) is 0 Å². The zero-order chi connectivity index (χ0) is 23.5. The first-order valence-corrected chi connectivity index (χ1v) is 11.6. The van der Waals surface area contributed by atoms with Gasteiger partial charge in [0.15, 0.2) is 5.13 Å². The second-order valence-corrected chi connectivity index (χ2v) is 8.88. The Balaban J connectivity index is 1.46. The smallest absolute Gasteiger partial charge is 0.338 e. The van der Waals surface area contributed by atoms with Crippen molar-refractivity contribution in [1.82, 2.24) is 4.98 Å². The molecular weight excluding hydrogens is 438 g/mol. The maximum absolute atomic E-state index is 12.6.